The van der Waals surface area contributed by atoms with Crippen LogP contribution in [0.4, 0.5) is 0 Å². The monoisotopic (exact) mass is 292 g/mol. The van der Waals surface area contributed by atoms with Crippen LogP contribution in [0.15, 0.2) is 34.7 Å². The molecule has 0 saturated carbocycles. The van der Waals surface area contributed by atoms with Gasteiger partial charge in [0.25, 0.3) is 0 Å². The molecule has 2 aromatic carbocycles. The Kier molecular flexibility index (Phi) is 2.81. The summed E-state index contributed by atoms with van der Waals surface area (Å²) < 4.78 is 5.81. The molecule has 0 N–H and O–H groups in total. The smallest absolute Gasteiger partial charge is 0.137 e. The molecule has 3 aromatic rings. The summed E-state index contributed by atoms with van der Waals surface area (Å²) in [6.45, 7) is 6.58. The molecule has 0 aliphatic carbocycles. The number of furan rings is 1. The zero-order chi connectivity index (χ0) is 13.8. The van der Waals surface area contributed by atoms with Crippen molar-refractivity contribution in [3.63, 3.8) is 0 Å². The number of halogens is 2. The lowest BCUT2D eigenvalue weighted by molar-refractivity contribution is 0.590. The molecule has 0 aliphatic rings. The summed E-state index contributed by atoms with van der Waals surface area (Å²) in [5.74, 6) is 0. The van der Waals surface area contributed by atoms with E-state index in [1.54, 1.807) is 6.07 Å². The van der Waals surface area contributed by atoms with Crippen LogP contribution >= 0.6 is 23.2 Å². The maximum Gasteiger partial charge on any atom is 0.137 e. The van der Waals surface area contributed by atoms with Gasteiger partial charge in [0.1, 0.15) is 11.2 Å². The van der Waals surface area contributed by atoms with E-state index in [1.807, 2.05) is 12.1 Å². The summed E-state index contributed by atoms with van der Waals surface area (Å²) in [5.41, 5.74) is 3.01. The van der Waals surface area contributed by atoms with Crippen molar-refractivity contribution in [3.8, 4) is 0 Å². The van der Waals surface area contributed by atoms with Crippen LogP contribution < -0.4 is 0 Å². The molecule has 0 radical (unpaired) electrons. The van der Waals surface area contributed by atoms with Crippen molar-refractivity contribution in [2.75, 3.05) is 0 Å². The highest BCUT2D eigenvalue weighted by atomic mass is 35.5. The second kappa shape index (κ2) is 4.16. The van der Waals surface area contributed by atoms with Gasteiger partial charge in [-0.2, -0.15) is 0 Å². The number of fused-ring (bicyclic) bond motifs is 3. The number of hydrogen-bond acceptors (Lipinski definition) is 1. The van der Waals surface area contributed by atoms with Gasteiger partial charge in [0.2, 0.25) is 0 Å². The molecule has 0 aliphatic heterocycles. The van der Waals surface area contributed by atoms with Gasteiger partial charge in [0.05, 0.1) is 10.0 Å². The van der Waals surface area contributed by atoms with Crippen LogP contribution in [0.25, 0.3) is 21.9 Å². The van der Waals surface area contributed by atoms with Crippen LogP contribution in [0.3, 0.4) is 0 Å². The topological polar surface area (TPSA) is 13.1 Å². The number of hydrogen-bond donors (Lipinski definition) is 0. The van der Waals surface area contributed by atoms with Crippen molar-refractivity contribution in [2.24, 2.45) is 0 Å². The molecule has 0 fully saturated rings. The van der Waals surface area contributed by atoms with Crippen molar-refractivity contribution in [3.05, 3.63) is 45.9 Å². The summed E-state index contributed by atoms with van der Waals surface area (Å²) in [6.07, 6.45) is 0. The quantitative estimate of drug-likeness (QED) is 0.481. The molecular formula is C16H14Cl2O. The van der Waals surface area contributed by atoms with Gasteiger partial charge in [-0.3, -0.25) is 0 Å². The van der Waals surface area contributed by atoms with Crippen LogP contribution in [0.1, 0.15) is 26.3 Å². The summed E-state index contributed by atoms with van der Waals surface area (Å²) in [6, 6.07) is 9.94. The molecule has 3 heteroatoms. The highest BCUT2D eigenvalue weighted by Crippen LogP contribution is 2.36. The zero-order valence-electron chi connectivity index (χ0n) is 11.1. The second-order valence-electron chi connectivity index (χ2n) is 5.83. The fourth-order valence-electron chi connectivity index (χ4n) is 2.24. The third kappa shape index (κ3) is 2.11. The minimum atomic E-state index is 0.105. The highest BCUT2D eigenvalue weighted by molar-refractivity contribution is 6.43. The fraction of sp³-hybridized carbons (Fsp3) is 0.250. The predicted octanol–water partition coefficient (Wildman–Crippen LogP) is 6.19. The van der Waals surface area contributed by atoms with Gasteiger partial charge in [-0.25, -0.2) is 0 Å². The van der Waals surface area contributed by atoms with Crippen LogP contribution in [0.5, 0.6) is 0 Å². The summed E-state index contributed by atoms with van der Waals surface area (Å²) in [4.78, 5) is 0. The van der Waals surface area contributed by atoms with E-state index < -0.39 is 0 Å². The molecule has 3 rings (SSSR count). The minimum Gasteiger partial charge on any atom is -0.456 e. The Balaban J connectivity index is 2.38. The molecule has 1 heterocycles. The van der Waals surface area contributed by atoms with Crippen LogP contribution in [0.2, 0.25) is 10.0 Å². The highest BCUT2D eigenvalue weighted by Gasteiger charge is 2.16. The molecule has 0 bridgehead atoms. The number of benzene rings is 2. The van der Waals surface area contributed by atoms with E-state index in [2.05, 4.69) is 32.9 Å². The summed E-state index contributed by atoms with van der Waals surface area (Å²) >= 11 is 12.1. The van der Waals surface area contributed by atoms with Gasteiger partial charge in [-0.1, -0.05) is 50.0 Å². The molecule has 1 nitrogen and oxygen atoms in total. The lowest BCUT2D eigenvalue weighted by Gasteiger charge is -2.18. The molecule has 0 amide bonds. The maximum absolute atomic E-state index is 6.10. The fourth-order valence-corrected chi connectivity index (χ4v) is 2.56. The molecule has 0 atom stereocenters. The summed E-state index contributed by atoms with van der Waals surface area (Å²) in [7, 11) is 0. The molecule has 0 spiro atoms. The van der Waals surface area contributed by atoms with Gasteiger partial charge >= 0.3 is 0 Å². The predicted molar refractivity (Wildman–Crippen MR) is 82.4 cm³/mol. The molecule has 0 saturated heterocycles. The first-order chi connectivity index (χ1) is 8.86. The molecule has 19 heavy (non-hydrogen) atoms. The van der Waals surface area contributed by atoms with E-state index in [0.29, 0.717) is 10.0 Å². The second-order valence-corrected chi connectivity index (χ2v) is 6.64. The molecule has 0 unspecified atom stereocenters. The Morgan fingerprint density at radius 1 is 0.842 bits per heavy atom. The third-order valence-electron chi connectivity index (χ3n) is 3.38. The van der Waals surface area contributed by atoms with Gasteiger partial charge in [0, 0.05) is 16.8 Å². The average Bonchev–Trinajstić information content (AvgIpc) is 2.65. The average molecular weight is 293 g/mol. The minimum absolute atomic E-state index is 0.105. The Bertz CT molecular complexity index is 779. The lowest BCUT2D eigenvalue weighted by atomic mass is 9.86. The van der Waals surface area contributed by atoms with Gasteiger partial charge in [-0.15, -0.1) is 0 Å². The van der Waals surface area contributed by atoms with Crippen molar-refractivity contribution < 1.29 is 4.42 Å². The van der Waals surface area contributed by atoms with E-state index in [9.17, 15) is 0 Å². The van der Waals surface area contributed by atoms with Gasteiger partial charge < -0.3 is 4.42 Å². The third-order valence-corrected chi connectivity index (χ3v) is 4.10. The van der Waals surface area contributed by atoms with E-state index in [4.69, 9.17) is 27.6 Å². The maximum atomic E-state index is 6.10. The van der Waals surface area contributed by atoms with Crippen LogP contribution in [-0.4, -0.2) is 0 Å². The lowest BCUT2D eigenvalue weighted by Crippen LogP contribution is -2.10. The number of rotatable bonds is 0. The summed E-state index contributed by atoms with van der Waals surface area (Å²) in [5, 5.41) is 3.17. The van der Waals surface area contributed by atoms with E-state index in [1.165, 1.54) is 5.56 Å². The van der Waals surface area contributed by atoms with Gasteiger partial charge in [0.15, 0.2) is 0 Å². The largest absolute Gasteiger partial charge is 0.456 e. The van der Waals surface area contributed by atoms with Crippen molar-refractivity contribution in [1.82, 2.24) is 0 Å². The SMILES string of the molecule is CC(C)(C)c1ccc2oc3cc(Cl)c(Cl)cc3c2c1. The van der Waals surface area contributed by atoms with Crippen molar-refractivity contribution in [1.29, 1.82) is 0 Å². The molecule has 98 valence electrons. The Morgan fingerprint density at radius 3 is 2.16 bits per heavy atom. The van der Waals surface area contributed by atoms with Crippen molar-refractivity contribution >= 4 is 45.1 Å². The Labute approximate surface area is 122 Å². The Hall–Kier alpha value is -1.18. The van der Waals surface area contributed by atoms with Crippen LogP contribution in [-0.2, 0) is 5.41 Å². The van der Waals surface area contributed by atoms with E-state index in [-0.39, 0.29) is 5.41 Å². The zero-order valence-corrected chi connectivity index (χ0v) is 12.6. The standard InChI is InChI=1S/C16H14Cl2O/c1-16(2,3)9-4-5-14-10(6-9)11-7-12(17)13(18)8-15(11)19-14/h4-8H,1-3H3. The molecular weight excluding hydrogens is 279 g/mol. The Morgan fingerprint density at radius 2 is 1.47 bits per heavy atom. The van der Waals surface area contributed by atoms with Crippen LogP contribution in [0, 0.1) is 0 Å². The van der Waals surface area contributed by atoms with Crippen molar-refractivity contribution in [2.45, 2.75) is 26.2 Å². The van der Waals surface area contributed by atoms with Gasteiger partial charge in [-0.05, 0) is 29.2 Å². The normalized spacial score (nSPS) is 12.5. The first-order valence-electron chi connectivity index (χ1n) is 6.18. The first kappa shape index (κ1) is 12.8. The van der Waals surface area contributed by atoms with E-state index in [0.717, 1.165) is 21.9 Å². The first-order valence-corrected chi connectivity index (χ1v) is 6.93. The molecule has 1 aromatic heterocycles. The van der Waals surface area contributed by atoms with E-state index >= 15 is 0 Å².